The van der Waals surface area contributed by atoms with E-state index in [4.69, 9.17) is 4.74 Å². The number of barbiturate groups is 1. The summed E-state index contributed by atoms with van der Waals surface area (Å²) in [6, 6.07) is 7.57. The van der Waals surface area contributed by atoms with Crippen molar-refractivity contribution in [3.8, 4) is 0 Å². The highest BCUT2D eigenvalue weighted by molar-refractivity contribution is 6.22. The number of rotatable bonds is 5. The molecule has 0 unspecified atom stereocenters. The Balaban J connectivity index is 2.07. The predicted molar refractivity (Wildman–Crippen MR) is 98.4 cm³/mol. The van der Waals surface area contributed by atoms with Gasteiger partial charge in [-0.3, -0.25) is 29.0 Å². The Hall–Kier alpha value is -3.23. The van der Waals surface area contributed by atoms with E-state index in [0.717, 1.165) is 0 Å². The van der Waals surface area contributed by atoms with Crippen LogP contribution in [0.2, 0.25) is 0 Å². The molecule has 0 radical (unpaired) electrons. The molecule has 1 saturated heterocycles. The molecule has 154 valence electrons. The molecule has 1 aromatic carbocycles. The van der Waals surface area contributed by atoms with Crippen LogP contribution in [0.1, 0.15) is 31.2 Å². The SMILES string of the molecule is CN1C(=O)N(C)C(=O)C(Cc2ccccc2)(OC(=O)C2(C(=O)O)CCCC2)C1=O. The van der Waals surface area contributed by atoms with Crippen LogP contribution in [0.3, 0.4) is 0 Å². The number of imide groups is 2. The Morgan fingerprint density at radius 1 is 1.00 bits per heavy atom. The number of hydrogen-bond donors (Lipinski definition) is 1. The van der Waals surface area contributed by atoms with Gasteiger partial charge >= 0.3 is 18.0 Å². The molecule has 1 N–H and O–H groups in total. The van der Waals surface area contributed by atoms with E-state index in [-0.39, 0.29) is 19.3 Å². The fraction of sp³-hybridized carbons (Fsp3) is 0.450. The third kappa shape index (κ3) is 3.16. The number of likely N-dealkylation sites (N-methyl/N-ethyl adjacent to an activating group) is 2. The zero-order valence-electron chi connectivity index (χ0n) is 16.2. The Labute approximate surface area is 167 Å². The normalized spacial score (nSPS) is 20.7. The van der Waals surface area contributed by atoms with Gasteiger partial charge in [0.05, 0.1) is 0 Å². The van der Waals surface area contributed by atoms with E-state index < -0.39 is 40.8 Å². The fourth-order valence-electron chi connectivity index (χ4n) is 3.93. The topological polar surface area (TPSA) is 121 Å². The molecule has 1 aliphatic heterocycles. The predicted octanol–water partition coefficient (Wildman–Crippen LogP) is 1.21. The number of carboxylic acid groups (broad SMARTS) is 1. The summed E-state index contributed by atoms with van der Waals surface area (Å²) in [7, 11) is 2.37. The lowest BCUT2D eigenvalue weighted by molar-refractivity contribution is -0.194. The first-order valence-corrected chi connectivity index (χ1v) is 9.27. The third-order valence-electron chi connectivity index (χ3n) is 5.69. The van der Waals surface area contributed by atoms with Gasteiger partial charge in [-0.15, -0.1) is 0 Å². The number of ether oxygens (including phenoxy) is 1. The van der Waals surface area contributed by atoms with E-state index in [1.54, 1.807) is 30.3 Å². The molecule has 0 bridgehead atoms. The first-order chi connectivity index (χ1) is 13.7. The largest absolute Gasteiger partial charge is 0.480 e. The van der Waals surface area contributed by atoms with Crippen LogP contribution in [0.15, 0.2) is 30.3 Å². The van der Waals surface area contributed by atoms with E-state index in [1.807, 2.05) is 0 Å². The molecule has 2 aliphatic rings. The molecule has 9 heteroatoms. The molecule has 1 saturated carbocycles. The smallest absolute Gasteiger partial charge is 0.333 e. The van der Waals surface area contributed by atoms with Crippen molar-refractivity contribution in [1.82, 2.24) is 9.80 Å². The van der Waals surface area contributed by atoms with Crippen molar-refractivity contribution < 1.29 is 33.8 Å². The molecule has 29 heavy (non-hydrogen) atoms. The van der Waals surface area contributed by atoms with Crippen molar-refractivity contribution >= 4 is 29.8 Å². The quantitative estimate of drug-likeness (QED) is 0.580. The van der Waals surface area contributed by atoms with E-state index in [9.17, 15) is 29.1 Å². The summed E-state index contributed by atoms with van der Waals surface area (Å²) in [4.78, 5) is 64.6. The molecule has 0 spiro atoms. The first kappa shape index (κ1) is 20.5. The standard InChI is InChI=1S/C20H22N2O7/c1-21-14(23)20(15(24)22(2)18(21)28,12-13-8-4-3-5-9-13)29-17(27)19(16(25)26)10-6-7-11-19/h3-5,8-9H,6-7,10-12H2,1-2H3,(H,25,26). The lowest BCUT2D eigenvalue weighted by Crippen LogP contribution is -2.70. The van der Waals surface area contributed by atoms with Gasteiger partial charge in [-0.25, -0.2) is 4.79 Å². The molecule has 9 nitrogen and oxygen atoms in total. The van der Waals surface area contributed by atoms with Gasteiger partial charge in [0.15, 0.2) is 5.41 Å². The molecule has 1 aliphatic carbocycles. The molecular formula is C20H22N2O7. The average molecular weight is 402 g/mol. The van der Waals surface area contributed by atoms with E-state index >= 15 is 0 Å². The summed E-state index contributed by atoms with van der Waals surface area (Å²) < 4.78 is 5.49. The van der Waals surface area contributed by atoms with Gasteiger partial charge in [0.1, 0.15) is 0 Å². The summed E-state index contributed by atoms with van der Waals surface area (Å²) in [5.41, 5.74) is -3.63. The Morgan fingerprint density at radius 3 is 2.00 bits per heavy atom. The summed E-state index contributed by atoms with van der Waals surface area (Å²) in [5.74, 6) is -4.47. The van der Waals surface area contributed by atoms with Crippen molar-refractivity contribution in [3.63, 3.8) is 0 Å². The third-order valence-corrected chi connectivity index (χ3v) is 5.69. The second-order valence-corrected chi connectivity index (χ2v) is 7.48. The highest BCUT2D eigenvalue weighted by atomic mass is 16.6. The van der Waals surface area contributed by atoms with Crippen LogP contribution in [0.4, 0.5) is 4.79 Å². The number of benzene rings is 1. The molecule has 3 rings (SSSR count). The van der Waals surface area contributed by atoms with Crippen molar-refractivity contribution in [2.45, 2.75) is 37.7 Å². The fourth-order valence-corrected chi connectivity index (χ4v) is 3.93. The molecule has 1 heterocycles. The van der Waals surface area contributed by atoms with Crippen molar-refractivity contribution in [2.75, 3.05) is 14.1 Å². The molecular weight excluding hydrogens is 380 g/mol. The second-order valence-electron chi connectivity index (χ2n) is 7.48. The second kappa shape index (κ2) is 7.31. The van der Waals surface area contributed by atoms with Crippen molar-refractivity contribution in [1.29, 1.82) is 0 Å². The van der Waals surface area contributed by atoms with Crippen molar-refractivity contribution in [2.24, 2.45) is 5.41 Å². The van der Waals surface area contributed by atoms with Crippen LogP contribution in [0.25, 0.3) is 0 Å². The van der Waals surface area contributed by atoms with E-state index in [0.29, 0.717) is 28.2 Å². The Morgan fingerprint density at radius 2 is 1.52 bits per heavy atom. The van der Waals surface area contributed by atoms with Crippen LogP contribution >= 0.6 is 0 Å². The summed E-state index contributed by atoms with van der Waals surface area (Å²) >= 11 is 0. The van der Waals surface area contributed by atoms with Gasteiger partial charge in [-0.1, -0.05) is 43.2 Å². The number of esters is 1. The molecule has 1 aromatic rings. The van der Waals surface area contributed by atoms with Crippen LogP contribution < -0.4 is 0 Å². The molecule has 0 atom stereocenters. The lowest BCUT2D eigenvalue weighted by atomic mass is 9.84. The van der Waals surface area contributed by atoms with Gasteiger partial charge in [-0.05, 0) is 18.4 Å². The highest BCUT2D eigenvalue weighted by Gasteiger charge is 2.61. The maximum atomic E-state index is 13.1. The minimum absolute atomic E-state index is 0.0651. The maximum Gasteiger partial charge on any atom is 0.333 e. The highest BCUT2D eigenvalue weighted by Crippen LogP contribution is 2.41. The number of carbonyl (C=O) groups excluding carboxylic acids is 4. The van der Waals surface area contributed by atoms with Crippen LogP contribution in [-0.2, 0) is 30.3 Å². The number of hydrogen-bond acceptors (Lipinski definition) is 6. The van der Waals surface area contributed by atoms with Gasteiger partial charge in [0.2, 0.25) is 0 Å². The number of nitrogens with zero attached hydrogens (tertiary/aromatic N) is 2. The minimum Gasteiger partial charge on any atom is -0.480 e. The lowest BCUT2D eigenvalue weighted by Gasteiger charge is -2.41. The van der Waals surface area contributed by atoms with Gasteiger partial charge < -0.3 is 9.84 Å². The average Bonchev–Trinajstić information content (AvgIpc) is 3.22. The monoisotopic (exact) mass is 402 g/mol. The van der Waals surface area contributed by atoms with Gasteiger partial charge in [0, 0.05) is 20.5 Å². The summed E-state index contributed by atoms with van der Waals surface area (Å²) in [6.45, 7) is 0. The van der Waals surface area contributed by atoms with Crippen LogP contribution in [0, 0.1) is 5.41 Å². The van der Waals surface area contributed by atoms with Crippen LogP contribution in [0.5, 0.6) is 0 Å². The van der Waals surface area contributed by atoms with E-state index in [2.05, 4.69) is 0 Å². The number of amides is 4. The number of aliphatic carboxylic acids is 1. The molecule has 2 fully saturated rings. The van der Waals surface area contributed by atoms with Gasteiger partial charge in [-0.2, -0.15) is 0 Å². The first-order valence-electron chi connectivity index (χ1n) is 9.27. The maximum absolute atomic E-state index is 13.1. The summed E-state index contributed by atoms with van der Waals surface area (Å²) in [5, 5.41) is 9.67. The zero-order valence-corrected chi connectivity index (χ0v) is 16.2. The van der Waals surface area contributed by atoms with E-state index in [1.165, 1.54) is 14.1 Å². The molecule has 0 aromatic heterocycles. The number of carboxylic acids is 1. The van der Waals surface area contributed by atoms with Crippen LogP contribution in [-0.4, -0.2) is 64.4 Å². The molecule has 4 amide bonds. The number of carbonyl (C=O) groups is 5. The van der Waals surface area contributed by atoms with Crippen molar-refractivity contribution in [3.05, 3.63) is 35.9 Å². The minimum atomic E-state index is -2.35. The Kier molecular flexibility index (Phi) is 5.16. The Bertz CT molecular complexity index is 850. The van der Waals surface area contributed by atoms with Gasteiger partial charge in [0.25, 0.3) is 17.4 Å². The number of urea groups is 1. The summed E-state index contributed by atoms with van der Waals surface area (Å²) in [6.07, 6.45) is 0.862. The zero-order chi connectivity index (χ0) is 21.4.